The van der Waals surface area contributed by atoms with Gasteiger partial charge in [0.1, 0.15) is 12.1 Å². The highest BCUT2D eigenvalue weighted by Gasteiger charge is 2.11. The van der Waals surface area contributed by atoms with E-state index in [9.17, 15) is 9.18 Å². The van der Waals surface area contributed by atoms with E-state index in [1.807, 2.05) is 10.6 Å². The van der Waals surface area contributed by atoms with E-state index in [4.69, 9.17) is 0 Å². The molecule has 27 heavy (non-hydrogen) atoms. The van der Waals surface area contributed by atoms with Gasteiger partial charge >= 0.3 is 0 Å². The molecule has 0 aliphatic carbocycles. The minimum absolute atomic E-state index is 0.119. The van der Waals surface area contributed by atoms with Crippen LogP contribution in [0.4, 0.5) is 4.39 Å². The molecule has 0 spiro atoms. The quantitative estimate of drug-likeness (QED) is 0.634. The Bertz CT molecular complexity index is 941. The van der Waals surface area contributed by atoms with E-state index in [1.54, 1.807) is 24.5 Å². The smallest absolute Gasteiger partial charge is 0.230 e. The van der Waals surface area contributed by atoms with Gasteiger partial charge in [0.05, 0.1) is 5.75 Å². The number of hydrogen-bond donors (Lipinski definition) is 1. The van der Waals surface area contributed by atoms with E-state index < -0.39 is 0 Å². The number of rotatable bonds is 7. The molecule has 0 saturated heterocycles. The molecule has 7 heteroatoms. The van der Waals surface area contributed by atoms with Crippen molar-refractivity contribution in [1.29, 1.82) is 0 Å². The van der Waals surface area contributed by atoms with Gasteiger partial charge in [-0.25, -0.2) is 4.39 Å². The first kappa shape index (κ1) is 19.1. The number of nitrogens with one attached hydrogen (secondary N) is 1. The summed E-state index contributed by atoms with van der Waals surface area (Å²) in [6.07, 6.45) is 2.10. The third kappa shape index (κ3) is 4.95. The predicted molar refractivity (Wildman–Crippen MR) is 105 cm³/mol. The molecule has 5 nitrogen and oxygen atoms in total. The van der Waals surface area contributed by atoms with Gasteiger partial charge in [0.15, 0.2) is 5.16 Å². The van der Waals surface area contributed by atoms with Crippen LogP contribution in [0.15, 0.2) is 53.9 Å². The van der Waals surface area contributed by atoms with E-state index in [0.29, 0.717) is 23.7 Å². The highest BCUT2D eigenvalue weighted by Crippen LogP contribution is 2.21. The van der Waals surface area contributed by atoms with Crippen LogP contribution in [0.25, 0.3) is 5.69 Å². The minimum atomic E-state index is -0.248. The van der Waals surface area contributed by atoms with Crippen molar-refractivity contribution in [3.05, 3.63) is 71.3 Å². The monoisotopic (exact) mass is 384 g/mol. The van der Waals surface area contributed by atoms with E-state index in [0.717, 1.165) is 5.69 Å². The molecule has 0 bridgehead atoms. The Balaban J connectivity index is 1.53. The maximum atomic E-state index is 13.6. The maximum absolute atomic E-state index is 13.6. The second-order valence-electron chi connectivity index (χ2n) is 6.23. The van der Waals surface area contributed by atoms with Gasteiger partial charge in [0, 0.05) is 12.2 Å². The Morgan fingerprint density at radius 2 is 2.00 bits per heavy atom. The SMILES string of the molecule is Cc1ccc(-n2cnnc2SCC(=O)NCCc2ccccc2F)cc1C. The summed E-state index contributed by atoms with van der Waals surface area (Å²) in [6.45, 7) is 4.51. The van der Waals surface area contributed by atoms with Crippen LogP contribution in [0.5, 0.6) is 0 Å². The zero-order valence-electron chi connectivity index (χ0n) is 15.3. The molecule has 0 saturated carbocycles. The van der Waals surface area contributed by atoms with Crippen molar-refractivity contribution in [3.63, 3.8) is 0 Å². The van der Waals surface area contributed by atoms with Crippen LogP contribution >= 0.6 is 11.8 Å². The van der Waals surface area contributed by atoms with Gasteiger partial charge in [-0.05, 0) is 55.2 Å². The first-order valence-electron chi connectivity index (χ1n) is 8.65. The Morgan fingerprint density at radius 3 is 2.78 bits per heavy atom. The number of carbonyl (C=O) groups is 1. The van der Waals surface area contributed by atoms with Crippen LogP contribution in [-0.2, 0) is 11.2 Å². The lowest BCUT2D eigenvalue weighted by atomic mass is 10.1. The first-order chi connectivity index (χ1) is 13.0. The Kier molecular flexibility index (Phi) is 6.24. The summed E-state index contributed by atoms with van der Waals surface area (Å²) in [5, 5.41) is 11.5. The van der Waals surface area contributed by atoms with Crippen LogP contribution in [0, 0.1) is 19.7 Å². The molecular formula is C20H21FN4OS. The van der Waals surface area contributed by atoms with Gasteiger partial charge in [-0.3, -0.25) is 9.36 Å². The number of aryl methyl sites for hydroxylation is 2. The fourth-order valence-electron chi connectivity index (χ4n) is 2.59. The lowest BCUT2D eigenvalue weighted by molar-refractivity contribution is -0.118. The van der Waals surface area contributed by atoms with Crippen LogP contribution in [0.2, 0.25) is 0 Å². The maximum Gasteiger partial charge on any atom is 0.230 e. The van der Waals surface area contributed by atoms with Gasteiger partial charge in [0.25, 0.3) is 0 Å². The van der Waals surface area contributed by atoms with Crippen LogP contribution < -0.4 is 5.32 Å². The summed E-state index contributed by atoms with van der Waals surface area (Å²) < 4.78 is 15.4. The third-order valence-electron chi connectivity index (χ3n) is 4.29. The number of halogens is 1. The van der Waals surface area contributed by atoms with Crippen molar-refractivity contribution in [2.24, 2.45) is 0 Å². The molecule has 0 aliphatic rings. The number of amides is 1. The molecule has 0 atom stereocenters. The summed E-state index contributed by atoms with van der Waals surface area (Å²) in [4.78, 5) is 12.1. The van der Waals surface area contributed by atoms with Crippen molar-refractivity contribution in [1.82, 2.24) is 20.1 Å². The van der Waals surface area contributed by atoms with Gasteiger partial charge in [-0.15, -0.1) is 10.2 Å². The fraction of sp³-hybridized carbons (Fsp3) is 0.250. The zero-order chi connectivity index (χ0) is 19.2. The molecule has 0 unspecified atom stereocenters. The van der Waals surface area contributed by atoms with Crippen LogP contribution in [-0.4, -0.2) is 33.0 Å². The van der Waals surface area contributed by atoms with Crippen molar-refractivity contribution in [3.8, 4) is 5.69 Å². The zero-order valence-corrected chi connectivity index (χ0v) is 16.1. The van der Waals surface area contributed by atoms with E-state index in [1.165, 1.54) is 29.0 Å². The molecule has 1 amide bonds. The van der Waals surface area contributed by atoms with E-state index in [-0.39, 0.29) is 17.5 Å². The highest BCUT2D eigenvalue weighted by molar-refractivity contribution is 7.99. The topological polar surface area (TPSA) is 59.8 Å². The summed E-state index contributed by atoms with van der Waals surface area (Å²) in [5.74, 6) is -0.144. The van der Waals surface area contributed by atoms with Gasteiger partial charge in [-0.2, -0.15) is 0 Å². The van der Waals surface area contributed by atoms with Gasteiger partial charge < -0.3 is 5.32 Å². The average molecular weight is 384 g/mol. The molecule has 0 aliphatic heterocycles. The summed E-state index contributed by atoms with van der Waals surface area (Å²) in [7, 11) is 0. The van der Waals surface area contributed by atoms with Crippen molar-refractivity contribution >= 4 is 17.7 Å². The predicted octanol–water partition coefficient (Wildman–Crippen LogP) is 3.47. The molecule has 3 rings (SSSR count). The molecule has 1 aromatic heterocycles. The first-order valence-corrected chi connectivity index (χ1v) is 9.63. The summed E-state index contributed by atoms with van der Waals surface area (Å²) in [6, 6.07) is 12.7. The number of nitrogens with zero attached hydrogens (tertiary/aromatic N) is 3. The van der Waals surface area contributed by atoms with Gasteiger partial charge in [0.2, 0.25) is 5.91 Å². The number of thioether (sulfide) groups is 1. The number of hydrogen-bond acceptors (Lipinski definition) is 4. The Hall–Kier alpha value is -2.67. The number of carbonyl (C=O) groups excluding carboxylic acids is 1. The molecule has 2 aromatic carbocycles. The normalized spacial score (nSPS) is 10.8. The number of benzene rings is 2. The van der Waals surface area contributed by atoms with Gasteiger partial charge in [-0.1, -0.05) is 36.0 Å². The lowest BCUT2D eigenvalue weighted by Gasteiger charge is -2.09. The largest absolute Gasteiger partial charge is 0.355 e. The van der Waals surface area contributed by atoms with Crippen LogP contribution in [0.1, 0.15) is 16.7 Å². The fourth-order valence-corrected chi connectivity index (χ4v) is 3.35. The summed E-state index contributed by atoms with van der Waals surface area (Å²) in [5.41, 5.74) is 3.96. The minimum Gasteiger partial charge on any atom is -0.355 e. The molecule has 0 radical (unpaired) electrons. The van der Waals surface area contributed by atoms with E-state index >= 15 is 0 Å². The Morgan fingerprint density at radius 1 is 1.19 bits per heavy atom. The average Bonchev–Trinajstić information content (AvgIpc) is 3.12. The molecule has 1 N–H and O–H groups in total. The molecule has 3 aromatic rings. The highest BCUT2D eigenvalue weighted by atomic mass is 32.2. The molecular weight excluding hydrogens is 363 g/mol. The molecule has 1 heterocycles. The Labute approximate surface area is 162 Å². The standard InChI is InChI=1S/C20H21FN4OS/c1-14-7-8-17(11-15(14)2)25-13-23-24-20(25)27-12-19(26)22-10-9-16-5-3-4-6-18(16)21/h3-8,11,13H,9-10,12H2,1-2H3,(H,22,26). The van der Waals surface area contributed by atoms with E-state index in [2.05, 4.69) is 41.5 Å². The lowest BCUT2D eigenvalue weighted by Crippen LogP contribution is -2.27. The summed E-state index contributed by atoms with van der Waals surface area (Å²) >= 11 is 1.32. The second kappa shape index (κ2) is 8.81. The molecule has 0 fully saturated rings. The van der Waals surface area contributed by atoms with Crippen molar-refractivity contribution < 1.29 is 9.18 Å². The van der Waals surface area contributed by atoms with Crippen molar-refractivity contribution in [2.75, 3.05) is 12.3 Å². The second-order valence-corrected chi connectivity index (χ2v) is 7.17. The van der Waals surface area contributed by atoms with Crippen LogP contribution in [0.3, 0.4) is 0 Å². The number of aromatic nitrogens is 3. The van der Waals surface area contributed by atoms with Crippen molar-refractivity contribution in [2.45, 2.75) is 25.4 Å². The third-order valence-corrected chi connectivity index (χ3v) is 5.23. The molecule has 140 valence electrons.